The molecular weight excluding hydrogens is 235 g/mol. The Morgan fingerprint density at radius 3 is 2.27 bits per heavy atom. The lowest BCUT2D eigenvalue weighted by Crippen LogP contribution is -2.18. The molecule has 0 aliphatic rings. The summed E-state index contributed by atoms with van der Waals surface area (Å²) in [6.45, 7) is 0. The molecule has 0 aromatic carbocycles. The van der Waals surface area contributed by atoms with Crippen LogP contribution < -0.4 is 5.73 Å². The van der Waals surface area contributed by atoms with Crippen LogP contribution in [0.1, 0.15) is 25.6 Å². The topological polar surface area (TPSA) is 80.4 Å². The highest BCUT2D eigenvalue weighted by Crippen LogP contribution is 2.37. The zero-order chi connectivity index (χ0) is 11.8. The zero-order valence-electron chi connectivity index (χ0n) is 6.96. The molecule has 0 atom stereocenters. The van der Waals surface area contributed by atoms with Crippen molar-refractivity contribution < 1.29 is 27.9 Å². The first-order chi connectivity index (χ1) is 6.75. The number of carbonyl (C=O) groups excluding carboxylic acids is 1. The maximum absolute atomic E-state index is 12.4. The van der Waals surface area contributed by atoms with Crippen molar-refractivity contribution in [2.45, 2.75) is 6.18 Å². The fourth-order valence-electron chi connectivity index (χ4n) is 0.978. The minimum Gasteiger partial charge on any atom is -0.478 e. The van der Waals surface area contributed by atoms with E-state index in [4.69, 9.17) is 10.8 Å². The Labute approximate surface area is 85.1 Å². The molecule has 0 spiro atoms. The van der Waals surface area contributed by atoms with Gasteiger partial charge in [0, 0.05) is 5.38 Å². The molecule has 0 unspecified atom stereocenters. The van der Waals surface area contributed by atoms with Crippen molar-refractivity contribution in [3.63, 3.8) is 0 Å². The van der Waals surface area contributed by atoms with Gasteiger partial charge in [0.2, 0.25) is 0 Å². The number of hydrogen-bond donors (Lipinski definition) is 2. The Hall–Kier alpha value is -1.57. The summed E-state index contributed by atoms with van der Waals surface area (Å²) in [5.41, 5.74) is 2.27. The predicted octanol–water partition coefficient (Wildman–Crippen LogP) is 1.56. The standard InChI is InChI=1S/C7H4F3NO3S/c8-7(9,10)3-2(6(13)14)1-15-4(3)5(11)12/h1H,(H2,11,12)(H,13,14). The molecule has 1 aromatic rings. The van der Waals surface area contributed by atoms with Gasteiger partial charge in [0.1, 0.15) is 4.88 Å². The van der Waals surface area contributed by atoms with Crippen LogP contribution in [0.2, 0.25) is 0 Å². The quantitative estimate of drug-likeness (QED) is 0.821. The number of hydrogen-bond acceptors (Lipinski definition) is 3. The summed E-state index contributed by atoms with van der Waals surface area (Å²) in [7, 11) is 0. The number of primary amides is 1. The van der Waals surface area contributed by atoms with Crippen molar-refractivity contribution in [1.82, 2.24) is 0 Å². The second-order valence-corrected chi connectivity index (χ2v) is 3.40. The molecule has 0 saturated heterocycles. The lowest BCUT2D eigenvalue weighted by Gasteiger charge is -2.07. The molecule has 82 valence electrons. The van der Waals surface area contributed by atoms with Gasteiger partial charge in [-0.25, -0.2) is 4.79 Å². The minimum absolute atomic E-state index is 0.364. The van der Waals surface area contributed by atoms with Crippen LogP contribution in [0, 0.1) is 0 Å². The van der Waals surface area contributed by atoms with Crippen molar-refractivity contribution in [2.24, 2.45) is 5.73 Å². The highest BCUT2D eigenvalue weighted by atomic mass is 32.1. The largest absolute Gasteiger partial charge is 0.478 e. The molecule has 1 aromatic heterocycles. The number of carboxylic acid groups (broad SMARTS) is 1. The molecule has 1 heterocycles. The Kier molecular flexibility index (Phi) is 2.71. The summed E-state index contributed by atoms with van der Waals surface area (Å²) >= 11 is 0.364. The number of aromatic carboxylic acids is 1. The van der Waals surface area contributed by atoms with Gasteiger partial charge in [-0.2, -0.15) is 13.2 Å². The highest BCUT2D eigenvalue weighted by molar-refractivity contribution is 7.12. The minimum atomic E-state index is -4.90. The van der Waals surface area contributed by atoms with Crippen molar-refractivity contribution in [3.8, 4) is 0 Å². The maximum atomic E-state index is 12.4. The van der Waals surface area contributed by atoms with Crippen LogP contribution in [-0.4, -0.2) is 17.0 Å². The van der Waals surface area contributed by atoms with Crippen molar-refractivity contribution in [3.05, 3.63) is 21.4 Å². The summed E-state index contributed by atoms with van der Waals surface area (Å²) in [6.07, 6.45) is -4.90. The molecule has 8 heteroatoms. The summed E-state index contributed by atoms with van der Waals surface area (Å²) in [5.74, 6) is -3.04. The van der Waals surface area contributed by atoms with Gasteiger partial charge in [0.05, 0.1) is 11.1 Å². The molecular formula is C7H4F3NO3S. The fourth-order valence-corrected chi connectivity index (χ4v) is 1.89. The van der Waals surface area contributed by atoms with Gasteiger partial charge in [-0.15, -0.1) is 11.3 Å². The maximum Gasteiger partial charge on any atom is 0.418 e. The molecule has 0 saturated carbocycles. The SMILES string of the molecule is NC(=O)c1scc(C(=O)O)c1C(F)(F)F. The van der Waals surface area contributed by atoms with E-state index in [0.717, 1.165) is 5.38 Å². The molecule has 0 fully saturated rings. The van der Waals surface area contributed by atoms with Gasteiger partial charge < -0.3 is 10.8 Å². The lowest BCUT2D eigenvalue weighted by molar-refractivity contribution is -0.138. The van der Waals surface area contributed by atoms with E-state index in [2.05, 4.69) is 0 Å². The third-order valence-corrected chi connectivity index (χ3v) is 2.52. The number of carboxylic acids is 1. The third-order valence-electron chi connectivity index (χ3n) is 1.53. The average molecular weight is 239 g/mol. The van der Waals surface area contributed by atoms with Gasteiger partial charge in [-0.3, -0.25) is 4.79 Å². The molecule has 3 N–H and O–H groups in total. The van der Waals surface area contributed by atoms with E-state index < -0.39 is 34.1 Å². The third kappa shape index (κ3) is 2.09. The average Bonchev–Trinajstić information content (AvgIpc) is 2.45. The normalized spacial score (nSPS) is 11.4. The van der Waals surface area contributed by atoms with Crippen molar-refractivity contribution in [1.29, 1.82) is 0 Å². The van der Waals surface area contributed by atoms with Crippen LogP contribution in [0.5, 0.6) is 0 Å². The van der Waals surface area contributed by atoms with Crippen molar-refractivity contribution in [2.75, 3.05) is 0 Å². The smallest absolute Gasteiger partial charge is 0.418 e. The van der Waals surface area contributed by atoms with Crippen molar-refractivity contribution >= 4 is 23.2 Å². The Morgan fingerprint density at radius 1 is 1.40 bits per heavy atom. The number of halogens is 3. The van der Waals surface area contributed by atoms with Gasteiger partial charge in [-0.05, 0) is 0 Å². The van der Waals surface area contributed by atoms with Gasteiger partial charge in [0.15, 0.2) is 0 Å². The second kappa shape index (κ2) is 3.54. The van der Waals surface area contributed by atoms with E-state index in [0.29, 0.717) is 11.3 Å². The van der Waals surface area contributed by atoms with E-state index in [1.807, 2.05) is 0 Å². The summed E-state index contributed by atoms with van der Waals surface area (Å²) in [5, 5.41) is 9.22. The monoisotopic (exact) mass is 239 g/mol. The molecule has 1 rings (SSSR count). The Balaban J connectivity index is 3.47. The summed E-state index contributed by atoms with van der Waals surface area (Å²) in [4.78, 5) is 20.3. The van der Waals surface area contributed by atoms with Crippen LogP contribution in [0.4, 0.5) is 13.2 Å². The van der Waals surface area contributed by atoms with Crippen LogP contribution in [0.3, 0.4) is 0 Å². The molecule has 0 radical (unpaired) electrons. The second-order valence-electron chi connectivity index (χ2n) is 2.52. The first-order valence-electron chi connectivity index (χ1n) is 3.47. The number of alkyl halides is 3. The number of amides is 1. The molecule has 0 aliphatic carbocycles. The molecule has 0 bridgehead atoms. The van der Waals surface area contributed by atoms with E-state index in [1.165, 1.54) is 0 Å². The van der Waals surface area contributed by atoms with Crippen LogP contribution in [0.15, 0.2) is 5.38 Å². The lowest BCUT2D eigenvalue weighted by atomic mass is 10.1. The number of carbonyl (C=O) groups is 2. The van der Waals surface area contributed by atoms with Gasteiger partial charge >= 0.3 is 12.1 Å². The zero-order valence-corrected chi connectivity index (χ0v) is 7.78. The predicted molar refractivity (Wildman–Crippen MR) is 44.8 cm³/mol. The van der Waals surface area contributed by atoms with Gasteiger partial charge in [-0.1, -0.05) is 0 Å². The first-order valence-corrected chi connectivity index (χ1v) is 4.35. The van der Waals surface area contributed by atoms with E-state index >= 15 is 0 Å². The number of thiophene rings is 1. The van der Waals surface area contributed by atoms with Crippen LogP contribution in [0.25, 0.3) is 0 Å². The molecule has 15 heavy (non-hydrogen) atoms. The first kappa shape index (κ1) is 11.5. The molecule has 1 amide bonds. The highest BCUT2D eigenvalue weighted by Gasteiger charge is 2.40. The van der Waals surface area contributed by atoms with Crippen LogP contribution >= 0.6 is 11.3 Å². The van der Waals surface area contributed by atoms with Gasteiger partial charge in [0.25, 0.3) is 5.91 Å². The Bertz CT molecular complexity index is 392. The van der Waals surface area contributed by atoms with E-state index in [9.17, 15) is 22.8 Å². The summed E-state index contributed by atoms with van der Waals surface area (Å²) in [6, 6.07) is 0. The molecule has 0 aliphatic heterocycles. The van der Waals surface area contributed by atoms with E-state index in [-0.39, 0.29) is 0 Å². The number of rotatable bonds is 2. The number of nitrogens with two attached hydrogens (primary N) is 1. The summed E-state index contributed by atoms with van der Waals surface area (Å²) < 4.78 is 37.2. The van der Waals surface area contributed by atoms with E-state index in [1.54, 1.807) is 0 Å². The molecule has 4 nitrogen and oxygen atoms in total. The Morgan fingerprint density at radius 2 is 1.93 bits per heavy atom. The fraction of sp³-hybridized carbons (Fsp3) is 0.143. The van der Waals surface area contributed by atoms with Crippen LogP contribution in [-0.2, 0) is 6.18 Å².